The minimum absolute atomic E-state index is 0.0758. The van der Waals surface area contributed by atoms with Gasteiger partial charge in [0.05, 0.1) is 5.75 Å². The molecule has 25 heavy (non-hydrogen) atoms. The lowest BCUT2D eigenvalue weighted by molar-refractivity contribution is -0.119. The molecule has 1 heterocycles. The molecule has 1 amide bonds. The van der Waals surface area contributed by atoms with Crippen molar-refractivity contribution in [3.05, 3.63) is 29.3 Å². The van der Waals surface area contributed by atoms with Gasteiger partial charge in [0, 0.05) is 23.2 Å². The van der Waals surface area contributed by atoms with Gasteiger partial charge in [0.25, 0.3) is 0 Å². The van der Waals surface area contributed by atoms with Crippen LogP contribution >= 0.6 is 23.4 Å². The molecule has 0 bridgehead atoms. The molecule has 134 valence electrons. The second kappa shape index (κ2) is 8.72. The average molecular weight is 379 g/mol. The molecule has 5 nitrogen and oxygen atoms in total. The number of rotatable bonds is 6. The fourth-order valence-corrected chi connectivity index (χ4v) is 4.17. The molecule has 0 atom stereocenters. The zero-order valence-corrected chi connectivity index (χ0v) is 15.9. The van der Waals surface area contributed by atoms with Gasteiger partial charge in [-0.15, -0.1) is 10.2 Å². The Bertz CT molecular complexity index is 728. The topological polar surface area (TPSA) is 59.8 Å². The predicted octanol–water partition coefficient (Wildman–Crippen LogP) is 4.16. The minimum Gasteiger partial charge on any atom is -0.353 e. The molecular formula is C18H23ClN4OS. The number of halogens is 1. The van der Waals surface area contributed by atoms with Crippen LogP contribution in [-0.4, -0.2) is 32.5 Å². The van der Waals surface area contributed by atoms with Crippen LogP contribution in [0.15, 0.2) is 29.4 Å². The zero-order chi connectivity index (χ0) is 17.6. The van der Waals surface area contributed by atoms with E-state index in [1.54, 1.807) is 0 Å². The van der Waals surface area contributed by atoms with E-state index in [0.29, 0.717) is 16.8 Å². The molecule has 0 aliphatic heterocycles. The number of nitrogens with zero attached hydrogens (tertiary/aromatic N) is 3. The Hall–Kier alpha value is -1.53. The maximum absolute atomic E-state index is 12.2. The smallest absolute Gasteiger partial charge is 0.230 e. The molecule has 1 N–H and O–H groups in total. The number of benzene rings is 1. The SMILES string of the molecule is CCn1c(SCC(=O)NC2CCCCC2)nnc1-c1cccc(Cl)c1. The first-order valence-electron chi connectivity index (χ1n) is 8.78. The van der Waals surface area contributed by atoms with E-state index in [0.717, 1.165) is 35.9 Å². The highest BCUT2D eigenvalue weighted by molar-refractivity contribution is 7.99. The summed E-state index contributed by atoms with van der Waals surface area (Å²) >= 11 is 7.51. The standard InChI is InChI=1S/C18H23ClN4OS/c1-2-23-17(13-7-6-8-14(19)11-13)21-22-18(23)25-12-16(24)20-15-9-4-3-5-10-15/h6-8,11,15H,2-5,9-10,12H2,1H3,(H,20,24). The molecule has 1 aliphatic carbocycles. The lowest BCUT2D eigenvalue weighted by Crippen LogP contribution is -2.37. The van der Waals surface area contributed by atoms with E-state index in [2.05, 4.69) is 15.5 Å². The van der Waals surface area contributed by atoms with Crippen LogP contribution in [-0.2, 0) is 11.3 Å². The molecule has 3 rings (SSSR count). The third kappa shape index (κ3) is 4.76. The van der Waals surface area contributed by atoms with Crippen molar-refractivity contribution in [1.82, 2.24) is 20.1 Å². The van der Waals surface area contributed by atoms with E-state index in [-0.39, 0.29) is 5.91 Å². The summed E-state index contributed by atoms with van der Waals surface area (Å²) in [5.41, 5.74) is 0.931. The van der Waals surface area contributed by atoms with E-state index in [4.69, 9.17) is 11.6 Å². The Balaban J connectivity index is 1.63. The van der Waals surface area contributed by atoms with Crippen LogP contribution in [0.5, 0.6) is 0 Å². The van der Waals surface area contributed by atoms with Crippen LogP contribution in [0, 0.1) is 0 Å². The van der Waals surface area contributed by atoms with E-state index in [9.17, 15) is 4.79 Å². The van der Waals surface area contributed by atoms with E-state index < -0.39 is 0 Å². The molecule has 1 saturated carbocycles. The van der Waals surface area contributed by atoms with Crippen molar-refractivity contribution in [2.45, 2.75) is 56.8 Å². The number of carbonyl (C=O) groups is 1. The van der Waals surface area contributed by atoms with Gasteiger partial charge < -0.3 is 9.88 Å². The second-order valence-corrected chi connectivity index (χ2v) is 7.63. The Labute approximate surface area is 157 Å². The summed E-state index contributed by atoms with van der Waals surface area (Å²) in [4.78, 5) is 12.2. The molecule has 2 aromatic rings. The Kier molecular flexibility index (Phi) is 6.37. The van der Waals surface area contributed by atoms with Crippen molar-refractivity contribution < 1.29 is 4.79 Å². The number of carbonyl (C=O) groups excluding carboxylic acids is 1. The molecular weight excluding hydrogens is 356 g/mol. The maximum Gasteiger partial charge on any atom is 0.230 e. The summed E-state index contributed by atoms with van der Waals surface area (Å²) in [6.45, 7) is 2.78. The summed E-state index contributed by atoms with van der Waals surface area (Å²) in [6, 6.07) is 7.92. The highest BCUT2D eigenvalue weighted by atomic mass is 35.5. The van der Waals surface area contributed by atoms with Crippen molar-refractivity contribution in [3.63, 3.8) is 0 Å². The summed E-state index contributed by atoms with van der Waals surface area (Å²) in [5.74, 6) is 1.22. The number of hydrogen-bond donors (Lipinski definition) is 1. The number of hydrogen-bond acceptors (Lipinski definition) is 4. The van der Waals surface area contributed by atoms with Crippen molar-refractivity contribution in [1.29, 1.82) is 0 Å². The molecule has 1 aliphatic rings. The van der Waals surface area contributed by atoms with Gasteiger partial charge >= 0.3 is 0 Å². The van der Waals surface area contributed by atoms with Gasteiger partial charge in [0.2, 0.25) is 5.91 Å². The molecule has 0 unspecified atom stereocenters. The minimum atomic E-state index is 0.0758. The van der Waals surface area contributed by atoms with Crippen molar-refractivity contribution in [3.8, 4) is 11.4 Å². The van der Waals surface area contributed by atoms with Gasteiger partial charge in [0.15, 0.2) is 11.0 Å². The molecule has 0 saturated heterocycles. The third-order valence-electron chi connectivity index (χ3n) is 4.42. The number of nitrogens with one attached hydrogen (secondary N) is 1. The van der Waals surface area contributed by atoms with E-state index >= 15 is 0 Å². The maximum atomic E-state index is 12.2. The van der Waals surface area contributed by atoms with Crippen molar-refractivity contribution in [2.75, 3.05) is 5.75 Å². The summed E-state index contributed by atoms with van der Waals surface area (Å²) in [7, 11) is 0. The van der Waals surface area contributed by atoms with E-state index in [1.165, 1.54) is 31.0 Å². The largest absolute Gasteiger partial charge is 0.353 e. The monoisotopic (exact) mass is 378 g/mol. The van der Waals surface area contributed by atoms with Gasteiger partial charge in [-0.3, -0.25) is 4.79 Å². The average Bonchev–Trinajstić information content (AvgIpc) is 3.04. The first kappa shape index (κ1) is 18.3. The highest BCUT2D eigenvalue weighted by Gasteiger charge is 2.18. The lowest BCUT2D eigenvalue weighted by atomic mass is 9.95. The zero-order valence-electron chi connectivity index (χ0n) is 14.4. The van der Waals surface area contributed by atoms with Gasteiger partial charge in [-0.05, 0) is 31.9 Å². The van der Waals surface area contributed by atoms with Crippen molar-refractivity contribution >= 4 is 29.3 Å². The van der Waals surface area contributed by atoms with Crippen LogP contribution in [0.3, 0.4) is 0 Å². The molecule has 1 aromatic heterocycles. The molecule has 0 radical (unpaired) electrons. The number of amides is 1. The first-order valence-corrected chi connectivity index (χ1v) is 10.1. The van der Waals surface area contributed by atoms with Crippen LogP contribution < -0.4 is 5.32 Å². The third-order valence-corrected chi connectivity index (χ3v) is 5.62. The van der Waals surface area contributed by atoms with Gasteiger partial charge in [-0.1, -0.05) is 54.8 Å². The molecule has 7 heteroatoms. The molecule has 1 aromatic carbocycles. The van der Waals surface area contributed by atoms with Crippen LogP contribution in [0.4, 0.5) is 0 Å². The Morgan fingerprint density at radius 3 is 2.84 bits per heavy atom. The van der Waals surface area contributed by atoms with Crippen LogP contribution in [0.1, 0.15) is 39.0 Å². The summed E-state index contributed by atoms with van der Waals surface area (Å²) in [6.07, 6.45) is 5.91. The van der Waals surface area contributed by atoms with Crippen molar-refractivity contribution in [2.24, 2.45) is 0 Å². The Morgan fingerprint density at radius 2 is 2.12 bits per heavy atom. The summed E-state index contributed by atoms with van der Waals surface area (Å²) in [5, 5.41) is 13.1. The van der Waals surface area contributed by atoms with Gasteiger partial charge in [-0.25, -0.2) is 0 Å². The first-order chi connectivity index (χ1) is 12.2. The summed E-state index contributed by atoms with van der Waals surface area (Å²) < 4.78 is 2.02. The number of aromatic nitrogens is 3. The second-order valence-electron chi connectivity index (χ2n) is 6.25. The van der Waals surface area contributed by atoms with Gasteiger partial charge in [-0.2, -0.15) is 0 Å². The fourth-order valence-electron chi connectivity index (χ4n) is 3.17. The highest BCUT2D eigenvalue weighted by Crippen LogP contribution is 2.26. The quantitative estimate of drug-likeness (QED) is 0.767. The van der Waals surface area contributed by atoms with Crippen LogP contribution in [0.2, 0.25) is 5.02 Å². The van der Waals surface area contributed by atoms with Gasteiger partial charge in [0.1, 0.15) is 0 Å². The fraction of sp³-hybridized carbons (Fsp3) is 0.500. The van der Waals surface area contributed by atoms with Crippen LogP contribution in [0.25, 0.3) is 11.4 Å². The Morgan fingerprint density at radius 1 is 1.32 bits per heavy atom. The normalized spacial score (nSPS) is 15.3. The lowest BCUT2D eigenvalue weighted by Gasteiger charge is -2.22. The predicted molar refractivity (Wildman–Crippen MR) is 102 cm³/mol. The number of thioether (sulfide) groups is 1. The molecule has 0 spiro atoms. The molecule has 1 fully saturated rings. The van der Waals surface area contributed by atoms with E-state index in [1.807, 2.05) is 35.8 Å².